The van der Waals surface area contributed by atoms with Crippen LogP contribution in [0.2, 0.25) is 0 Å². The molecule has 7 heteroatoms. The molecular formula is C13H20N4O2S. The highest BCUT2D eigenvalue weighted by Crippen LogP contribution is 2.21. The molecular weight excluding hydrogens is 276 g/mol. The maximum absolute atomic E-state index is 12.2. The maximum Gasteiger partial charge on any atom is 0.248 e. The number of amides is 2. The number of carbonyl (C=O) groups excluding carboxylic acids is 2. The molecule has 0 aromatic carbocycles. The van der Waals surface area contributed by atoms with E-state index in [-0.39, 0.29) is 17.9 Å². The first kappa shape index (κ1) is 14.9. The van der Waals surface area contributed by atoms with E-state index >= 15 is 0 Å². The van der Waals surface area contributed by atoms with Gasteiger partial charge in [-0.1, -0.05) is 0 Å². The van der Waals surface area contributed by atoms with Gasteiger partial charge in [-0.3, -0.25) is 9.59 Å². The minimum atomic E-state index is -0.346. The zero-order chi connectivity index (χ0) is 14.4. The van der Waals surface area contributed by atoms with E-state index in [0.717, 1.165) is 25.8 Å². The summed E-state index contributed by atoms with van der Waals surface area (Å²) in [4.78, 5) is 30.1. The van der Waals surface area contributed by atoms with Crippen LogP contribution in [-0.4, -0.2) is 47.9 Å². The molecule has 0 spiro atoms. The number of nitrogens with zero attached hydrogens (tertiary/aromatic N) is 2. The Morgan fingerprint density at radius 1 is 1.55 bits per heavy atom. The van der Waals surface area contributed by atoms with Gasteiger partial charge in [0.15, 0.2) is 5.13 Å². The van der Waals surface area contributed by atoms with Crippen LogP contribution >= 0.6 is 11.3 Å². The van der Waals surface area contributed by atoms with Crippen molar-refractivity contribution in [2.24, 2.45) is 0 Å². The third-order valence-corrected chi connectivity index (χ3v) is 4.04. The van der Waals surface area contributed by atoms with Gasteiger partial charge in [-0.2, -0.15) is 0 Å². The van der Waals surface area contributed by atoms with E-state index in [9.17, 15) is 9.59 Å². The van der Waals surface area contributed by atoms with Crippen molar-refractivity contribution in [2.45, 2.75) is 31.7 Å². The molecule has 1 aliphatic rings. The number of aromatic nitrogens is 1. The third-order valence-electron chi connectivity index (χ3n) is 3.36. The van der Waals surface area contributed by atoms with Crippen LogP contribution in [0.15, 0.2) is 11.6 Å². The summed E-state index contributed by atoms with van der Waals surface area (Å²) >= 11 is 1.38. The van der Waals surface area contributed by atoms with E-state index in [1.807, 2.05) is 12.4 Å². The zero-order valence-electron chi connectivity index (χ0n) is 11.6. The third kappa shape index (κ3) is 3.77. The molecule has 110 valence electrons. The second kappa shape index (κ2) is 7.35. The lowest BCUT2D eigenvalue weighted by Crippen LogP contribution is -2.43. The molecule has 1 aromatic rings. The molecule has 1 unspecified atom stereocenters. The fourth-order valence-electron chi connectivity index (χ4n) is 2.37. The van der Waals surface area contributed by atoms with E-state index in [1.165, 1.54) is 11.3 Å². The molecule has 0 radical (unpaired) electrons. The summed E-state index contributed by atoms with van der Waals surface area (Å²) in [5.41, 5.74) is 0. The molecule has 1 aromatic heterocycles. The maximum atomic E-state index is 12.2. The summed E-state index contributed by atoms with van der Waals surface area (Å²) < 4.78 is 0. The van der Waals surface area contributed by atoms with Gasteiger partial charge in [-0.05, 0) is 32.9 Å². The second-order valence-corrected chi connectivity index (χ2v) is 5.67. The van der Waals surface area contributed by atoms with E-state index in [4.69, 9.17) is 0 Å². The van der Waals surface area contributed by atoms with Crippen molar-refractivity contribution < 1.29 is 9.59 Å². The summed E-state index contributed by atoms with van der Waals surface area (Å²) in [6.07, 6.45) is 4.55. The topological polar surface area (TPSA) is 74.3 Å². The Morgan fingerprint density at radius 2 is 2.40 bits per heavy atom. The van der Waals surface area contributed by atoms with Crippen LogP contribution in [0.25, 0.3) is 0 Å². The van der Waals surface area contributed by atoms with Crippen LogP contribution < -0.4 is 10.6 Å². The molecule has 0 aliphatic carbocycles. The first-order chi connectivity index (χ1) is 9.72. The molecule has 2 N–H and O–H groups in total. The van der Waals surface area contributed by atoms with Gasteiger partial charge in [-0.25, -0.2) is 4.98 Å². The molecule has 2 amide bonds. The van der Waals surface area contributed by atoms with Crippen molar-refractivity contribution >= 4 is 28.3 Å². The Balaban J connectivity index is 1.89. The first-order valence-corrected chi connectivity index (χ1v) is 7.74. The molecule has 1 aliphatic heterocycles. The number of anilines is 1. The largest absolute Gasteiger partial charge is 0.331 e. The van der Waals surface area contributed by atoms with Crippen molar-refractivity contribution in [3.63, 3.8) is 0 Å². The Bertz CT molecular complexity index is 449. The Labute approximate surface area is 122 Å². The highest BCUT2D eigenvalue weighted by Gasteiger charge is 2.33. The number of rotatable bonds is 6. The van der Waals surface area contributed by atoms with Crippen molar-refractivity contribution in [2.75, 3.05) is 25.5 Å². The number of hydrogen-bond acceptors (Lipinski definition) is 5. The zero-order valence-corrected chi connectivity index (χ0v) is 12.4. The minimum absolute atomic E-state index is 0.0667. The van der Waals surface area contributed by atoms with Gasteiger partial charge in [0.1, 0.15) is 6.04 Å². The number of hydrogen-bond donors (Lipinski definition) is 2. The lowest BCUT2D eigenvalue weighted by molar-refractivity contribution is -0.136. The molecule has 2 rings (SSSR count). The lowest BCUT2D eigenvalue weighted by atomic mass is 10.2. The fourth-order valence-corrected chi connectivity index (χ4v) is 2.90. The van der Waals surface area contributed by atoms with Gasteiger partial charge in [0.25, 0.3) is 0 Å². The molecule has 6 nitrogen and oxygen atoms in total. The van der Waals surface area contributed by atoms with Gasteiger partial charge in [-0.15, -0.1) is 11.3 Å². The standard InChI is InChI=1S/C13H20N4O2S/c1-14-6-2-5-11(18)17-8-3-4-10(17)12(19)16-13-15-7-9-20-13/h7,9-10,14H,2-6,8H2,1H3,(H,15,16,19). The average molecular weight is 296 g/mol. The van der Waals surface area contributed by atoms with Crippen molar-refractivity contribution in [1.82, 2.24) is 15.2 Å². The summed E-state index contributed by atoms with van der Waals surface area (Å²) in [6, 6.07) is -0.346. The smallest absolute Gasteiger partial charge is 0.248 e. The first-order valence-electron chi connectivity index (χ1n) is 6.87. The van der Waals surface area contributed by atoms with Crippen molar-refractivity contribution in [3.8, 4) is 0 Å². The molecule has 0 bridgehead atoms. The summed E-state index contributed by atoms with van der Waals surface area (Å²) in [5.74, 6) is -0.0588. The number of carbonyl (C=O) groups is 2. The van der Waals surface area contributed by atoms with Crippen LogP contribution in [-0.2, 0) is 9.59 Å². The highest BCUT2D eigenvalue weighted by molar-refractivity contribution is 7.13. The summed E-state index contributed by atoms with van der Waals surface area (Å²) in [7, 11) is 1.87. The molecule has 1 saturated heterocycles. The number of nitrogens with one attached hydrogen (secondary N) is 2. The van der Waals surface area contributed by atoms with E-state index in [0.29, 0.717) is 18.1 Å². The SMILES string of the molecule is CNCCCC(=O)N1CCCC1C(=O)Nc1nccs1. The van der Waals surface area contributed by atoms with Crippen LogP contribution in [0.3, 0.4) is 0 Å². The highest BCUT2D eigenvalue weighted by atomic mass is 32.1. The van der Waals surface area contributed by atoms with Crippen molar-refractivity contribution in [3.05, 3.63) is 11.6 Å². The molecule has 20 heavy (non-hydrogen) atoms. The Morgan fingerprint density at radius 3 is 3.10 bits per heavy atom. The van der Waals surface area contributed by atoms with Crippen LogP contribution in [0.1, 0.15) is 25.7 Å². The quantitative estimate of drug-likeness (QED) is 0.770. The Hall–Kier alpha value is -1.47. The average Bonchev–Trinajstić information content (AvgIpc) is 3.09. The van der Waals surface area contributed by atoms with Gasteiger partial charge < -0.3 is 15.5 Å². The molecule has 1 atom stereocenters. The monoisotopic (exact) mass is 296 g/mol. The molecule has 2 heterocycles. The Kier molecular flexibility index (Phi) is 5.49. The summed E-state index contributed by atoms with van der Waals surface area (Å²) in [5, 5.41) is 8.20. The minimum Gasteiger partial charge on any atom is -0.331 e. The van der Waals surface area contributed by atoms with Crippen LogP contribution in [0.5, 0.6) is 0 Å². The predicted molar refractivity (Wildman–Crippen MR) is 78.6 cm³/mol. The van der Waals surface area contributed by atoms with Gasteiger partial charge in [0.2, 0.25) is 11.8 Å². The fraction of sp³-hybridized carbons (Fsp3) is 0.615. The van der Waals surface area contributed by atoms with Crippen LogP contribution in [0, 0.1) is 0 Å². The predicted octanol–water partition coefficient (Wildman–Crippen LogP) is 1.07. The van der Waals surface area contributed by atoms with Crippen LogP contribution in [0.4, 0.5) is 5.13 Å². The van der Waals surface area contributed by atoms with E-state index in [2.05, 4.69) is 15.6 Å². The van der Waals surface area contributed by atoms with E-state index < -0.39 is 0 Å². The van der Waals surface area contributed by atoms with E-state index in [1.54, 1.807) is 11.1 Å². The lowest BCUT2D eigenvalue weighted by Gasteiger charge is -2.23. The second-order valence-electron chi connectivity index (χ2n) is 4.78. The van der Waals surface area contributed by atoms with Gasteiger partial charge in [0, 0.05) is 24.5 Å². The normalized spacial score (nSPS) is 18.2. The number of thiazole rings is 1. The number of likely N-dealkylation sites (tertiary alicyclic amines) is 1. The van der Waals surface area contributed by atoms with Gasteiger partial charge in [0.05, 0.1) is 0 Å². The van der Waals surface area contributed by atoms with Gasteiger partial charge >= 0.3 is 0 Å². The van der Waals surface area contributed by atoms with Crippen molar-refractivity contribution in [1.29, 1.82) is 0 Å². The molecule has 1 fully saturated rings. The summed E-state index contributed by atoms with van der Waals surface area (Å²) in [6.45, 7) is 1.49. The molecule has 0 saturated carbocycles.